The lowest BCUT2D eigenvalue weighted by Crippen LogP contribution is -2.39. The molecule has 122 valence electrons. The zero-order chi connectivity index (χ0) is 15.0. The molecule has 9 heteroatoms. The first-order valence-electron chi connectivity index (χ1n) is 6.39. The van der Waals surface area contributed by atoms with E-state index in [1.165, 1.54) is 7.05 Å². The Labute approximate surface area is 143 Å². The van der Waals surface area contributed by atoms with Crippen LogP contribution in [-0.4, -0.2) is 37.3 Å². The molecule has 1 heterocycles. The predicted molar refractivity (Wildman–Crippen MR) is 90.6 cm³/mol. The fourth-order valence-electron chi connectivity index (χ4n) is 1.48. The maximum atomic E-state index is 12.0. The Morgan fingerprint density at radius 1 is 1.33 bits per heavy atom. The van der Waals surface area contributed by atoms with E-state index in [1.54, 1.807) is 11.3 Å². The van der Waals surface area contributed by atoms with Crippen molar-refractivity contribution in [2.45, 2.75) is 32.4 Å². The zero-order valence-corrected chi connectivity index (χ0v) is 15.1. The summed E-state index contributed by atoms with van der Waals surface area (Å²) in [7, 11) is 1.53. The van der Waals surface area contributed by atoms with Gasteiger partial charge in [-0.3, -0.25) is 4.99 Å². The standard InChI is InChI=1S/C12H19F3N4S.HI/c1-3-10-19-9(8-20-10)4-6-17-11(16-2)18-7-5-12(13,14)15;/h8H,3-7H2,1-2H3,(H2,16,17,18);1H. The maximum absolute atomic E-state index is 12.0. The summed E-state index contributed by atoms with van der Waals surface area (Å²) in [5, 5.41) is 8.69. The molecule has 0 saturated heterocycles. The lowest BCUT2D eigenvalue weighted by Gasteiger charge is -2.12. The molecule has 1 rings (SSSR count). The Kier molecular flexibility index (Phi) is 9.92. The second kappa shape index (κ2) is 10.2. The van der Waals surface area contributed by atoms with Crippen molar-refractivity contribution in [3.63, 3.8) is 0 Å². The number of alkyl halides is 3. The number of thiazole rings is 1. The van der Waals surface area contributed by atoms with Gasteiger partial charge in [-0.05, 0) is 6.42 Å². The van der Waals surface area contributed by atoms with Gasteiger partial charge in [-0.25, -0.2) is 4.98 Å². The molecule has 21 heavy (non-hydrogen) atoms. The van der Waals surface area contributed by atoms with E-state index in [0.717, 1.165) is 23.5 Å². The Morgan fingerprint density at radius 3 is 2.52 bits per heavy atom. The summed E-state index contributed by atoms with van der Waals surface area (Å²) in [5.74, 6) is 0.375. The van der Waals surface area contributed by atoms with Crippen molar-refractivity contribution in [3.8, 4) is 0 Å². The zero-order valence-electron chi connectivity index (χ0n) is 12.0. The van der Waals surface area contributed by atoms with Crippen LogP contribution in [0.2, 0.25) is 0 Å². The number of nitrogens with zero attached hydrogens (tertiary/aromatic N) is 2. The third-order valence-corrected chi connectivity index (χ3v) is 3.54. The predicted octanol–water partition coefficient (Wildman–Crippen LogP) is 2.98. The van der Waals surface area contributed by atoms with Gasteiger partial charge in [0.1, 0.15) is 0 Å². The Balaban J connectivity index is 0.00000400. The van der Waals surface area contributed by atoms with Gasteiger partial charge in [0.25, 0.3) is 0 Å². The highest BCUT2D eigenvalue weighted by Gasteiger charge is 2.26. The lowest BCUT2D eigenvalue weighted by molar-refractivity contribution is -0.132. The lowest BCUT2D eigenvalue weighted by atomic mass is 10.3. The molecule has 0 atom stereocenters. The molecule has 0 aliphatic heterocycles. The van der Waals surface area contributed by atoms with Crippen molar-refractivity contribution in [1.82, 2.24) is 15.6 Å². The SMILES string of the molecule is CCc1nc(CCNC(=NC)NCCC(F)(F)F)cs1.I. The second-order valence-electron chi connectivity index (χ2n) is 4.13. The minimum Gasteiger partial charge on any atom is -0.356 e. The summed E-state index contributed by atoms with van der Waals surface area (Å²) in [5.41, 5.74) is 0.991. The van der Waals surface area contributed by atoms with Gasteiger partial charge in [0.15, 0.2) is 5.96 Å². The molecule has 0 aliphatic rings. The van der Waals surface area contributed by atoms with Crippen LogP contribution in [0.5, 0.6) is 0 Å². The molecule has 0 bridgehead atoms. The van der Waals surface area contributed by atoms with E-state index in [9.17, 15) is 13.2 Å². The first kappa shape index (κ1) is 20.4. The minimum atomic E-state index is -4.15. The topological polar surface area (TPSA) is 49.3 Å². The average molecular weight is 436 g/mol. The van der Waals surface area contributed by atoms with Crippen LogP contribution in [0.4, 0.5) is 13.2 Å². The molecule has 0 amide bonds. The Bertz CT molecular complexity index is 434. The number of aromatic nitrogens is 1. The smallest absolute Gasteiger partial charge is 0.356 e. The van der Waals surface area contributed by atoms with Crippen LogP contribution >= 0.6 is 35.3 Å². The van der Waals surface area contributed by atoms with Gasteiger partial charge in [-0.1, -0.05) is 6.92 Å². The maximum Gasteiger partial charge on any atom is 0.390 e. The van der Waals surface area contributed by atoms with Gasteiger partial charge < -0.3 is 10.6 Å². The van der Waals surface area contributed by atoms with Crippen molar-refractivity contribution < 1.29 is 13.2 Å². The number of aliphatic imine (C=N–C) groups is 1. The molecule has 0 aliphatic carbocycles. The van der Waals surface area contributed by atoms with Crippen LogP contribution in [0.3, 0.4) is 0 Å². The average Bonchev–Trinajstić information content (AvgIpc) is 2.83. The number of hydrogen-bond donors (Lipinski definition) is 2. The van der Waals surface area contributed by atoms with E-state index >= 15 is 0 Å². The number of nitrogens with one attached hydrogen (secondary N) is 2. The van der Waals surface area contributed by atoms with Gasteiger partial charge in [0.2, 0.25) is 0 Å². The highest BCUT2D eigenvalue weighted by Crippen LogP contribution is 2.18. The van der Waals surface area contributed by atoms with Crippen LogP contribution in [0.25, 0.3) is 0 Å². The summed E-state index contributed by atoms with van der Waals surface area (Å²) in [6.07, 6.45) is -3.39. The largest absolute Gasteiger partial charge is 0.390 e. The molecule has 0 unspecified atom stereocenters. The molecule has 0 saturated carbocycles. The van der Waals surface area contributed by atoms with E-state index < -0.39 is 12.6 Å². The van der Waals surface area contributed by atoms with Gasteiger partial charge in [-0.2, -0.15) is 13.2 Å². The summed E-state index contributed by atoms with van der Waals surface area (Å²) in [4.78, 5) is 8.28. The highest BCUT2D eigenvalue weighted by atomic mass is 127. The molecule has 1 aromatic heterocycles. The monoisotopic (exact) mass is 436 g/mol. The summed E-state index contributed by atoms with van der Waals surface area (Å²) in [6, 6.07) is 0. The van der Waals surface area contributed by atoms with Crippen molar-refractivity contribution in [1.29, 1.82) is 0 Å². The number of hydrogen-bond acceptors (Lipinski definition) is 3. The molecule has 2 N–H and O–H groups in total. The fourth-order valence-corrected chi connectivity index (χ4v) is 2.26. The quantitative estimate of drug-likeness (QED) is 0.410. The third kappa shape index (κ3) is 9.12. The molecule has 0 spiro atoms. The molecule has 1 aromatic rings. The summed E-state index contributed by atoms with van der Waals surface area (Å²) < 4.78 is 36.0. The number of guanidine groups is 1. The second-order valence-corrected chi connectivity index (χ2v) is 5.07. The Hall–Kier alpha value is -0.580. The molecular weight excluding hydrogens is 416 g/mol. The van der Waals surface area contributed by atoms with Crippen molar-refractivity contribution in [3.05, 3.63) is 16.1 Å². The van der Waals surface area contributed by atoms with E-state index in [1.807, 2.05) is 12.3 Å². The summed E-state index contributed by atoms with van der Waals surface area (Å²) >= 11 is 1.62. The van der Waals surface area contributed by atoms with E-state index in [-0.39, 0.29) is 30.5 Å². The Morgan fingerprint density at radius 2 is 2.00 bits per heavy atom. The molecule has 0 fully saturated rings. The van der Waals surface area contributed by atoms with Gasteiger partial charge >= 0.3 is 6.18 Å². The number of rotatable bonds is 6. The van der Waals surface area contributed by atoms with Crippen molar-refractivity contribution in [2.24, 2.45) is 4.99 Å². The van der Waals surface area contributed by atoms with Crippen LogP contribution in [0, 0.1) is 0 Å². The van der Waals surface area contributed by atoms with Crippen LogP contribution < -0.4 is 10.6 Å². The third-order valence-electron chi connectivity index (χ3n) is 2.50. The van der Waals surface area contributed by atoms with Crippen molar-refractivity contribution >= 4 is 41.3 Å². The number of aryl methyl sites for hydroxylation is 1. The normalized spacial score (nSPS) is 12.0. The minimum absolute atomic E-state index is 0. The van der Waals surface area contributed by atoms with Gasteiger partial charge in [-0.15, -0.1) is 35.3 Å². The van der Waals surface area contributed by atoms with Gasteiger partial charge in [0, 0.05) is 31.9 Å². The van der Waals surface area contributed by atoms with Crippen LogP contribution in [0.1, 0.15) is 24.0 Å². The highest BCUT2D eigenvalue weighted by molar-refractivity contribution is 14.0. The van der Waals surface area contributed by atoms with E-state index in [2.05, 4.69) is 20.6 Å². The van der Waals surface area contributed by atoms with E-state index in [0.29, 0.717) is 12.5 Å². The summed E-state index contributed by atoms with van der Waals surface area (Å²) in [6.45, 7) is 2.45. The molecular formula is C12H20F3IN4S. The number of halogens is 4. The molecule has 0 radical (unpaired) electrons. The first-order chi connectivity index (χ1) is 9.44. The fraction of sp³-hybridized carbons (Fsp3) is 0.667. The van der Waals surface area contributed by atoms with Crippen molar-refractivity contribution in [2.75, 3.05) is 20.1 Å². The van der Waals surface area contributed by atoms with Crippen LogP contribution in [-0.2, 0) is 12.8 Å². The molecule has 4 nitrogen and oxygen atoms in total. The van der Waals surface area contributed by atoms with Gasteiger partial charge in [0.05, 0.1) is 17.1 Å². The molecule has 0 aromatic carbocycles. The van der Waals surface area contributed by atoms with Crippen LogP contribution in [0.15, 0.2) is 10.4 Å². The first-order valence-corrected chi connectivity index (χ1v) is 7.27. The van der Waals surface area contributed by atoms with E-state index in [4.69, 9.17) is 0 Å².